The number of carbonyl (C=O) groups excluding carboxylic acids is 2. The van der Waals surface area contributed by atoms with E-state index < -0.39 is 0 Å². The molecule has 3 heteroatoms. The molecule has 1 N–H and O–H groups in total. The van der Waals surface area contributed by atoms with E-state index in [0.29, 0.717) is 17.7 Å². The van der Waals surface area contributed by atoms with Crippen LogP contribution in [0.5, 0.6) is 0 Å². The van der Waals surface area contributed by atoms with Crippen LogP contribution in [0.4, 0.5) is 0 Å². The van der Waals surface area contributed by atoms with Crippen molar-refractivity contribution in [2.45, 2.75) is 34.6 Å². The van der Waals surface area contributed by atoms with Crippen molar-refractivity contribution >= 4 is 12.2 Å². The second-order valence-corrected chi connectivity index (χ2v) is 7.48. The molecule has 0 bridgehead atoms. The van der Waals surface area contributed by atoms with Crippen LogP contribution >= 0.6 is 0 Å². The molecule has 2 rings (SSSR count). The Labute approximate surface area is 144 Å². The molecule has 0 aromatic heterocycles. The summed E-state index contributed by atoms with van der Waals surface area (Å²) in [6.45, 7) is 10.8. The lowest BCUT2D eigenvalue weighted by Crippen LogP contribution is -2.32. The zero-order valence-corrected chi connectivity index (χ0v) is 15.1. The van der Waals surface area contributed by atoms with Gasteiger partial charge in [0.15, 0.2) is 6.29 Å². The van der Waals surface area contributed by atoms with Gasteiger partial charge < -0.3 is 5.32 Å². The number of rotatable bonds is 4. The molecule has 0 saturated heterocycles. The number of amides is 1. The van der Waals surface area contributed by atoms with E-state index in [1.165, 1.54) is 0 Å². The van der Waals surface area contributed by atoms with E-state index in [9.17, 15) is 9.59 Å². The van der Waals surface area contributed by atoms with Crippen molar-refractivity contribution in [2.24, 2.45) is 5.41 Å². The highest BCUT2D eigenvalue weighted by atomic mass is 16.1. The number of carbonyl (C=O) groups is 2. The summed E-state index contributed by atoms with van der Waals surface area (Å²) in [5.74, 6) is -0.0703. The Bertz CT molecular complexity index is 770. The first-order valence-corrected chi connectivity index (χ1v) is 8.16. The molecule has 0 aliphatic heterocycles. The number of benzene rings is 2. The quantitative estimate of drug-likeness (QED) is 0.838. The molecule has 1 amide bonds. The van der Waals surface area contributed by atoms with E-state index >= 15 is 0 Å². The van der Waals surface area contributed by atoms with Crippen molar-refractivity contribution in [1.82, 2.24) is 5.32 Å². The van der Waals surface area contributed by atoms with Gasteiger partial charge in [0.1, 0.15) is 0 Å². The number of aryl methyl sites for hydroxylation is 2. The molecule has 126 valence electrons. The lowest BCUT2D eigenvalue weighted by molar-refractivity contribution is 0.0939. The van der Waals surface area contributed by atoms with E-state index in [-0.39, 0.29) is 11.3 Å². The Morgan fingerprint density at radius 2 is 1.71 bits per heavy atom. The fraction of sp³-hybridized carbons (Fsp3) is 0.333. The predicted molar refractivity (Wildman–Crippen MR) is 98.5 cm³/mol. The highest BCUT2D eigenvalue weighted by molar-refractivity contribution is 5.96. The molecule has 0 atom stereocenters. The van der Waals surface area contributed by atoms with Gasteiger partial charge >= 0.3 is 0 Å². The fourth-order valence-electron chi connectivity index (χ4n) is 2.58. The predicted octanol–water partition coefficient (Wildman–Crippen LogP) is 4.56. The van der Waals surface area contributed by atoms with Crippen LogP contribution in [0.1, 0.15) is 52.6 Å². The minimum atomic E-state index is -0.0703. The van der Waals surface area contributed by atoms with Gasteiger partial charge in [-0.1, -0.05) is 44.5 Å². The van der Waals surface area contributed by atoms with Gasteiger partial charge in [0.05, 0.1) is 0 Å². The van der Waals surface area contributed by atoms with Crippen LogP contribution < -0.4 is 5.32 Å². The third-order valence-corrected chi connectivity index (χ3v) is 3.89. The van der Waals surface area contributed by atoms with Gasteiger partial charge in [-0.3, -0.25) is 9.59 Å². The van der Waals surface area contributed by atoms with E-state index in [1.54, 1.807) is 0 Å². The molecule has 0 heterocycles. The molecule has 0 spiro atoms. The van der Waals surface area contributed by atoms with Gasteiger partial charge in [-0.25, -0.2) is 0 Å². The maximum Gasteiger partial charge on any atom is 0.251 e. The van der Waals surface area contributed by atoms with Crippen molar-refractivity contribution in [3.63, 3.8) is 0 Å². The van der Waals surface area contributed by atoms with Crippen molar-refractivity contribution in [2.75, 3.05) is 6.54 Å². The molecule has 0 aliphatic carbocycles. The normalized spacial score (nSPS) is 11.2. The third-order valence-electron chi connectivity index (χ3n) is 3.89. The second kappa shape index (κ2) is 7.00. The van der Waals surface area contributed by atoms with Crippen LogP contribution in [0.25, 0.3) is 11.1 Å². The first-order chi connectivity index (χ1) is 11.2. The largest absolute Gasteiger partial charge is 0.352 e. The van der Waals surface area contributed by atoms with Crippen molar-refractivity contribution in [1.29, 1.82) is 0 Å². The maximum absolute atomic E-state index is 12.3. The van der Waals surface area contributed by atoms with Crippen LogP contribution in [0.2, 0.25) is 0 Å². The van der Waals surface area contributed by atoms with Gasteiger partial charge in [0.2, 0.25) is 0 Å². The van der Waals surface area contributed by atoms with E-state index in [4.69, 9.17) is 0 Å². The molecule has 0 aliphatic rings. The highest BCUT2D eigenvalue weighted by Gasteiger charge is 2.14. The molecule has 0 saturated carbocycles. The monoisotopic (exact) mass is 323 g/mol. The standard InChI is InChI=1S/C21H25NO2/c1-14-6-8-19(17(10-14)12-23)18-9-7-16(11-15(18)2)20(24)22-13-21(3,4)5/h6-12H,13H2,1-5H3,(H,22,24). The summed E-state index contributed by atoms with van der Waals surface area (Å²) in [6.07, 6.45) is 0.881. The van der Waals surface area contributed by atoms with Crippen LogP contribution in [0.3, 0.4) is 0 Å². The molecule has 3 nitrogen and oxygen atoms in total. The number of hydrogen-bond donors (Lipinski definition) is 1. The maximum atomic E-state index is 12.3. The summed E-state index contributed by atoms with van der Waals surface area (Å²) in [4.78, 5) is 23.6. The van der Waals surface area contributed by atoms with Gasteiger partial charge in [-0.05, 0) is 54.2 Å². The topological polar surface area (TPSA) is 46.2 Å². The Hall–Kier alpha value is -2.42. The van der Waals surface area contributed by atoms with Crippen LogP contribution in [0.15, 0.2) is 36.4 Å². The van der Waals surface area contributed by atoms with Crippen molar-refractivity contribution < 1.29 is 9.59 Å². The Kier molecular flexibility index (Phi) is 5.23. The average Bonchev–Trinajstić information content (AvgIpc) is 2.52. The summed E-state index contributed by atoms with van der Waals surface area (Å²) in [6, 6.07) is 11.4. The average molecular weight is 323 g/mol. The molecule has 2 aromatic carbocycles. The minimum Gasteiger partial charge on any atom is -0.352 e. The minimum absolute atomic E-state index is 0.0470. The van der Waals surface area contributed by atoms with Crippen molar-refractivity contribution in [3.8, 4) is 11.1 Å². The highest BCUT2D eigenvalue weighted by Crippen LogP contribution is 2.27. The number of hydrogen-bond acceptors (Lipinski definition) is 2. The summed E-state index contributed by atoms with van der Waals surface area (Å²) in [5, 5.41) is 2.96. The van der Waals surface area contributed by atoms with Crippen LogP contribution in [-0.2, 0) is 0 Å². The SMILES string of the molecule is Cc1ccc(-c2ccc(C(=O)NCC(C)(C)C)cc2C)c(C=O)c1. The summed E-state index contributed by atoms with van der Waals surface area (Å²) < 4.78 is 0. The summed E-state index contributed by atoms with van der Waals surface area (Å²) >= 11 is 0. The van der Waals surface area contributed by atoms with Crippen molar-refractivity contribution in [3.05, 3.63) is 58.7 Å². The van der Waals surface area contributed by atoms with Crippen LogP contribution in [0, 0.1) is 19.3 Å². The third kappa shape index (κ3) is 4.31. The molecular weight excluding hydrogens is 298 g/mol. The van der Waals surface area contributed by atoms with Gasteiger partial charge in [-0.15, -0.1) is 0 Å². The fourth-order valence-corrected chi connectivity index (χ4v) is 2.58. The molecule has 24 heavy (non-hydrogen) atoms. The molecule has 2 aromatic rings. The van der Waals surface area contributed by atoms with Gasteiger partial charge in [0, 0.05) is 17.7 Å². The van der Waals surface area contributed by atoms with E-state index in [1.807, 2.05) is 50.2 Å². The first kappa shape index (κ1) is 17.9. The van der Waals surface area contributed by atoms with E-state index in [0.717, 1.165) is 28.5 Å². The summed E-state index contributed by atoms with van der Waals surface area (Å²) in [7, 11) is 0. The zero-order valence-electron chi connectivity index (χ0n) is 15.1. The molecular formula is C21H25NO2. The molecule has 0 radical (unpaired) electrons. The Morgan fingerprint density at radius 1 is 1.04 bits per heavy atom. The smallest absolute Gasteiger partial charge is 0.251 e. The lowest BCUT2D eigenvalue weighted by atomic mass is 9.93. The second-order valence-electron chi connectivity index (χ2n) is 7.48. The van der Waals surface area contributed by atoms with E-state index in [2.05, 4.69) is 26.1 Å². The number of aldehydes is 1. The van der Waals surface area contributed by atoms with Crippen LogP contribution in [-0.4, -0.2) is 18.7 Å². The Morgan fingerprint density at radius 3 is 2.29 bits per heavy atom. The Balaban J connectivity index is 2.31. The zero-order chi connectivity index (χ0) is 17.9. The first-order valence-electron chi connectivity index (χ1n) is 8.16. The molecule has 0 unspecified atom stereocenters. The molecule has 0 fully saturated rings. The lowest BCUT2D eigenvalue weighted by Gasteiger charge is -2.19. The number of nitrogens with one attached hydrogen (secondary N) is 1. The van der Waals surface area contributed by atoms with Gasteiger partial charge in [-0.2, -0.15) is 0 Å². The van der Waals surface area contributed by atoms with Gasteiger partial charge in [0.25, 0.3) is 5.91 Å². The summed E-state index contributed by atoms with van der Waals surface area (Å²) in [5.41, 5.74) is 5.26.